The lowest BCUT2D eigenvalue weighted by Crippen LogP contribution is -2.42. The highest BCUT2D eigenvalue weighted by molar-refractivity contribution is 5.70. The molecule has 0 aromatic carbocycles. The van der Waals surface area contributed by atoms with Crippen molar-refractivity contribution in [3.05, 3.63) is 18.2 Å². The van der Waals surface area contributed by atoms with E-state index in [9.17, 15) is 4.79 Å². The van der Waals surface area contributed by atoms with Crippen molar-refractivity contribution in [2.24, 2.45) is 5.73 Å². The average Bonchev–Trinajstić information content (AvgIpc) is 2.63. The summed E-state index contributed by atoms with van der Waals surface area (Å²) in [6.07, 6.45) is 2.86. The Hall–Kier alpha value is -1.40. The third kappa shape index (κ3) is 4.46. The molecule has 0 radical (unpaired) electrons. The second-order valence-electron chi connectivity index (χ2n) is 5.74. The van der Waals surface area contributed by atoms with Crippen LogP contribution in [-0.2, 0) is 11.2 Å². The van der Waals surface area contributed by atoms with Crippen LogP contribution >= 0.6 is 0 Å². The first kappa shape index (κ1) is 14.7. The second-order valence-corrected chi connectivity index (χ2v) is 5.74. The van der Waals surface area contributed by atoms with Crippen molar-refractivity contribution in [3.8, 4) is 0 Å². The quantitative estimate of drug-likeness (QED) is 0.838. The van der Waals surface area contributed by atoms with Crippen molar-refractivity contribution in [3.63, 3.8) is 0 Å². The molecule has 0 bridgehead atoms. The first-order chi connectivity index (χ1) is 8.13. The molecule has 0 aliphatic carbocycles. The largest absolute Gasteiger partial charge is 0.443 e. The number of imidazole rings is 1. The number of hydrogen-bond acceptors (Lipinski definition) is 5. The predicted molar refractivity (Wildman–Crippen MR) is 67.2 cm³/mol. The summed E-state index contributed by atoms with van der Waals surface area (Å²) in [6, 6.07) is 0. The summed E-state index contributed by atoms with van der Waals surface area (Å²) in [5.74, 6) is 0. The van der Waals surface area contributed by atoms with Gasteiger partial charge in [-0.15, -0.1) is 0 Å². The number of rotatable bonds is 3. The van der Waals surface area contributed by atoms with Crippen LogP contribution in [0.2, 0.25) is 0 Å². The molecule has 3 N–H and O–H groups in total. The second kappa shape index (κ2) is 5.07. The van der Waals surface area contributed by atoms with E-state index >= 15 is 0 Å². The van der Waals surface area contributed by atoms with Gasteiger partial charge in [0.05, 0.1) is 12.3 Å². The highest BCUT2D eigenvalue weighted by Gasteiger charge is 2.21. The normalized spacial score (nSPS) is 15.2. The van der Waals surface area contributed by atoms with E-state index in [2.05, 4.69) is 4.98 Å². The fraction of sp³-hybridized carbons (Fsp3) is 0.667. The molecule has 1 aromatic heterocycles. The molecule has 1 aromatic rings. The van der Waals surface area contributed by atoms with Crippen molar-refractivity contribution < 1.29 is 14.6 Å². The first-order valence-electron chi connectivity index (χ1n) is 5.79. The van der Waals surface area contributed by atoms with Gasteiger partial charge >= 0.3 is 6.09 Å². The van der Waals surface area contributed by atoms with E-state index in [4.69, 9.17) is 15.6 Å². The summed E-state index contributed by atoms with van der Waals surface area (Å²) in [5, 5.41) is 9.07. The van der Waals surface area contributed by atoms with Gasteiger partial charge in [0.15, 0.2) is 0 Å². The Kier molecular flexibility index (Phi) is 4.13. The van der Waals surface area contributed by atoms with Gasteiger partial charge in [0, 0.05) is 18.2 Å². The third-order valence-electron chi connectivity index (χ3n) is 2.19. The van der Waals surface area contributed by atoms with Gasteiger partial charge in [-0.05, 0) is 27.7 Å². The van der Waals surface area contributed by atoms with Crippen molar-refractivity contribution in [1.82, 2.24) is 9.55 Å². The molecule has 1 rings (SSSR count). The number of nitrogens with zero attached hydrogens (tertiary/aromatic N) is 2. The van der Waals surface area contributed by atoms with Crippen LogP contribution in [0.3, 0.4) is 0 Å². The van der Waals surface area contributed by atoms with E-state index in [1.165, 1.54) is 10.9 Å². The summed E-state index contributed by atoms with van der Waals surface area (Å²) in [7, 11) is 0. The van der Waals surface area contributed by atoms with Crippen molar-refractivity contribution in [2.75, 3.05) is 6.61 Å². The molecular weight excluding hydrogens is 234 g/mol. The summed E-state index contributed by atoms with van der Waals surface area (Å²) in [6.45, 7) is 6.97. The molecule has 102 valence electrons. The van der Waals surface area contributed by atoms with Gasteiger partial charge < -0.3 is 15.6 Å². The average molecular weight is 255 g/mol. The molecular formula is C12H21N3O3. The zero-order chi connectivity index (χ0) is 14.0. The Morgan fingerprint density at radius 3 is 2.61 bits per heavy atom. The van der Waals surface area contributed by atoms with Gasteiger partial charge in [0.25, 0.3) is 0 Å². The maximum absolute atomic E-state index is 11.7. The zero-order valence-corrected chi connectivity index (χ0v) is 11.3. The molecule has 0 aliphatic rings. The molecule has 18 heavy (non-hydrogen) atoms. The van der Waals surface area contributed by atoms with Crippen LogP contribution in [0.5, 0.6) is 0 Å². The Morgan fingerprint density at radius 1 is 1.50 bits per heavy atom. The number of hydrogen-bond donors (Lipinski definition) is 2. The van der Waals surface area contributed by atoms with Gasteiger partial charge in [0.1, 0.15) is 11.9 Å². The zero-order valence-electron chi connectivity index (χ0n) is 11.3. The van der Waals surface area contributed by atoms with Gasteiger partial charge in [-0.25, -0.2) is 14.3 Å². The highest BCUT2D eigenvalue weighted by Crippen LogP contribution is 2.11. The molecule has 0 saturated heterocycles. The molecule has 0 amide bonds. The topological polar surface area (TPSA) is 90.4 Å². The third-order valence-corrected chi connectivity index (χ3v) is 2.19. The van der Waals surface area contributed by atoms with Crippen LogP contribution in [0, 0.1) is 0 Å². The minimum atomic E-state index is -0.743. The number of nitrogens with two attached hydrogens (primary N) is 1. The van der Waals surface area contributed by atoms with Crippen LogP contribution < -0.4 is 5.73 Å². The first-order valence-corrected chi connectivity index (χ1v) is 5.79. The van der Waals surface area contributed by atoms with Gasteiger partial charge in [-0.3, -0.25) is 0 Å². The SMILES string of the molecule is CC(N)(CO)Cc1cn(C(=O)OC(C)(C)C)cn1. The fourth-order valence-electron chi connectivity index (χ4n) is 1.34. The van der Waals surface area contributed by atoms with E-state index < -0.39 is 17.2 Å². The summed E-state index contributed by atoms with van der Waals surface area (Å²) in [5.41, 5.74) is 5.17. The monoisotopic (exact) mass is 255 g/mol. The summed E-state index contributed by atoms with van der Waals surface area (Å²) in [4.78, 5) is 15.8. The number of aliphatic hydroxyl groups is 1. The smallest absolute Gasteiger partial charge is 0.419 e. The molecule has 0 fully saturated rings. The lowest BCUT2D eigenvalue weighted by molar-refractivity contribution is 0.0536. The van der Waals surface area contributed by atoms with Crippen LogP contribution in [0.1, 0.15) is 33.4 Å². The lowest BCUT2D eigenvalue weighted by atomic mass is 9.99. The fourth-order valence-corrected chi connectivity index (χ4v) is 1.34. The van der Waals surface area contributed by atoms with E-state index in [1.54, 1.807) is 33.9 Å². The van der Waals surface area contributed by atoms with Crippen molar-refractivity contribution >= 4 is 6.09 Å². The molecule has 0 aliphatic heterocycles. The predicted octanol–water partition coefficient (Wildman–Crippen LogP) is 0.918. The van der Waals surface area contributed by atoms with Gasteiger partial charge in [-0.1, -0.05) is 0 Å². The standard InChI is InChI=1S/C12H21N3O3/c1-11(2,3)18-10(17)15-6-9(14-8-15)5-12(4,13)7-16/h6,8,16H,5,7,13H2,1-4H3. The Balaban J connectivity index is 2.72. The molecule has 1 atom stereocenters. The van der Waals surface area contributed by atoms with E-state index in [0.717, 1.165) is 0 Å². The Labute approximate surface area is 107 Å². The minimum absolute atomic E-state index is 0.147. The number of aliphatic hydroxyl groups excluding tert-OH is 1. The number of aromatic nitrogens is 2. The van der Waals surface area contributed by atoms with Crippen molar-refractivity contribution in [2.45, 2.75) is 45.3 Å². The highest BCUT2D eigenvalue weighted by atomic mass is 16.6. The summed E-state index contributed by atoms with van der Waals surface area (Å²) < 4.78 is 6.47. The van der Waals surface area contributed by atoms with Crippen LogP contribution in [0.15, 0.2) is 12.5 Å². The van der Waals surface area contributed by atoms with Gasteiger partial charge in [0.2, 0.25) is 0 Å². The maximum atomic E-state index is 11.7. The number of carbonyl (C=O) groups is 1. The number of carbonyl (C=O) groups excluding carboxylic acids is 1. The van der Waals surface area contributed by atoms with Crippen LogP contribution in [-0.4, -0.2) is 38.5 Å². The maximum Gasteiger partial charge on any atom is 0.419 e. The summed E-state index contributed by atoms with van der Waals surface area (Å²) >= 11 is 0. The Bertz CT molecular complexity index is 418. The molecule has 0 spiro atoms. The molecule has 0 saturated carbocycles. The van der Waals surface area contributed by atoms with Crippen molar-refractivity contribution in [1.29, 1.82) is 0 Å². The number of ether oxygens (including phenoxy) is 1. The molecule has 6 nitrogen and oxygen atoms in total. The molecule has 1 heterocycles. The van der Waals surface area contributed by atoms with E-state index in [1.807, 2.05) is 0 Å². The van der Waals surface area contributed by atoms with E-state index in [0.29, 0.717) is 12.1 Å². The minimum Gasteiger partial charge on any atom is -0.443 e. The van der Waals surface area contributed by atoms with E-state index in [-0.39, 0.29) is 6.61 Å². The lowest BCUT2D eigenvalue weighted by Gasteiger charge is -2.20. The van der Waals surface area contributed by atoms with Crippen LogP contribution in [0.4, 0.5) is 4.79 Å². The van der Waals surface area contributed by atoms with Gasteiger partial charge in [-0.2, -0.15) is 0 Å². The Morgan fingerprint density at radius 2 is 2.11 bits per heavy atom. The molecule has 6 heteroatoms. The van der Waals surface area contributed by atoms with Crippen LogP contribution in [0.25, 0.3) is 0 Å². The molecule has 1 unspecified atom stereocenters.